The predicted molar refractivity (Wildman–Crippen MR) is 75.9 cm³/mol. The largest absolute Gasteiger partial charge is 0.393 e. The average molecular weight is 282 g/mol. The Labute approximate surface area is 118 Å². The molecule has 1 aliphatic rings. The lowest BCUT2D eigenvalue weighted by molar-refractivity contribution is -0.384. The van der Waals surface area contributed by atoms with E-state index in [0.717, 1.165) is 19.3 Å². The van der Waals surface area contributed by atoms with Crippen molar-refractivity contribution in [2.45, 2.75) is 45.8 Å². The molecule has 112 valence electrons. The number of hydrogen-bond donors (Lipinski definition) is 1. The maximum Gasteiger partial charge on any atom is 0.333 e. The van der Waals surface area contributed by atoms with Gasteiger partial charge in [-0.05, 0) is 32.1 Å². The first-order valence-corrected chi connectivity index (χ1v) is 7.05. The van der Waals surface area contributed by atoms with Crippen molar-refractivity contribution < 1.29 is 10.0 Å². The molecule has 1 saturated carbocycles. The number of nitrogens with zero attached hydrogens (tertiary/aromatic N) is 4. The van der Waals surface area contributed by atoms with Crippen LogP contribution in [-0.2, 0) is 6.54 Å². The van der Waals surface area contributed by atoms with Gasteiger partial charge in [-0.2, -0.15) is 5.10 Å². The lowest BCUT2D eigenvalue weighted by atomic mass is 9.82. The highest BCUT2D eigenvalue weighted by Gasteiger charge is 2.32. The SMILES string of the molecule is CCCn1nc(C)c([N+](=O)[O-])c1N(C)CC1CC(O)C1. The van der Waals surface area contributed by atoms with Gasteiger partial charge in [-0.1, -0.05) is 6.92 Å². The molecule has 0 spiro atoms. The van der Waals surface area contributed by atoms with E-state index in [-0.39, 0.29) is 16.7 Å². The summed E-state index contributed by atoms with van der Waals surface area (Å²) in [5, 5.41) is 24.9. The van der Waals surface area contributed by atoms with Crippen LogP contribution >= 0.6 is 0 Å². The van der Waals surface area contributed by atoms with Crippen LogP contribution in [0.3, 0.4) is 0 Å². The van der Waals surface area contributed by atoms with Crippen molar-refractivity contribution in [2.24, 2.45) is 5.92 Å². The number of rotatable bonds is 6. The van der Waals surface area contributed by atoms with Gasteiger partial charge in [-0.3, -0.25) is 10.1 Å². The molecule has 2 rings (SSSR count). The first-order chi connectivity index (χ1) is 9.43. The summed E-state index contributed by atoms with van der Waals surface area (Å²) in [7, 11) is 1.86. The Hall–Kier alpha value is -1.63. The van der Waals surface area contributed by atoms with Crippen LogP contribution in [0.1, 0.15) is 31.9 Å². The number of aryl methyl sites for hydroxylation is 2. The van der Waals surface area contributed by atoms with Crippen molar-refractivity contribution in [1.29, 1.82) is 0 Å². The molecule has 1 N–H and O–H groups in total. The van der Waals surface area contributed by atoms with Crippen molar-refractivity contribution >= 4 is 11.5 Å². The third kappa shape index (κ3) is 2.77. The van der Waals surface area contributed by atoms with Gasteiger partial charge in [0.05, 0.1) is 11.0 Å². The van der Waals surface area contributed by atoms with E-state index in [1.807, 2.05) is 18.9 Å². The summed E-state index contributed by atoms with van der Waals surface area (Å²) < 4.78 is 1.72. The zero-order valence-electron chi connectivity index (χ0n) is 12.2. The van der Waals surface area contributed by atoms with Gasteiger partial charge in [-0.15, -0.1) is 0 Å². The fourth-order valence-corrected chi connectivity index (χ4v) is 2.84. The van der Waals surface area contributed by atoms with Gasteiger partial charge in [-0.25, -0.2) is 4.68 Å². The summed E-state index contributed by atoms with van der Waals surface area (Å²) in [6, 6.07) is 0. The van der Waals surface area contributed by atoms with E-state index in [1.54, 1.807) is 11.6 Å². The molecule has 20 heavy (non-hydrogen) atoms. The average Bonchev–Trinajstić information content (AvgIpc) is 2.64. The van der Waals surface area contributed by atoms with Crippen LogP contribution in [0, 0.1) is 23.0 Å². The van der Waals surface area contributed by atoms with Gasteiger partial charge in [0.1, 0.15) is 5.69 Å². The number of anilines is 1. The Kier molecular flexibility index (Phi) is 4.27. The van der Waals surface area contributed by atoms with Gasteiger partial charge in [0, 0.05) is 20.1 Å². The number of hydrogen-bond acceptors (Lipinski definition) is 5. The van der Waals surface area contributed by atoms with Gasteiger partial charge in [0.15, 0.2) is 0 Å². The van der Waals surface area contributed by atoms with Crippen molar-refractivity contribution in [3.63, 3.8) is 0 Å². The monoisotopic (exact) mass is 282 g/mol. The maximum absolute atomic E-state index is 11.3. The normalized spacial score (nSPS) is 21.6. The predicted octanol–water partition coefficient (Wildman–Crippen LogP) is 1.72. The van der Waals surface area contributed by atoms with E-state index in [0.29, 0.717) is 30.5 Å². The van der Waals surface area contributed by atoms with Crippen molar-refractivity contribution in [3.8, 4) is 0 Å². The van der Waals surface area contributed by atoms with Crippen LogP contribution in [0.5, 0.6) is 0 Å². The molecule has 0 aromatic carbocycles. The third-order valence-corrected chi connectivity index (χ3v) is 3.79. The minimum absolute atomic E-state index is 0.0980. The zero-order chi connectivity index (χ0) is 14.9. The molecule has 0 saturated heterocycles. The van der Waals surface area contributed by atoms with Crippen molar-refractivity contribution in [3.05, 3.63) is 15.8 Å². The maximum atomic E-state index is 11.3. The molecule has 7 heteroatoms. The summed E-state index contributed by atoms with van der Waals surface area (Å²) >= 11 is 0. The molecule has 1 fully saturated rings. The molecule has 1 aromatic heterocycles. The number of aliphatic hydroxyl groups excluding tert-OH is 1. The summed E-state index contributed by atoms with van der Waals surface area (Å²) in [5.41, 5.74) is 0.555. The molecule has 1 aliphatic carbocycles. The molecule has 0 amide bonds. The van der Waals surface area contributed by atoms with Crippen LogP contribution in [-0.4, -0.2) is 39.5 Å². The Balaban J connectivity index is 2.24. The molecular weight excluding hydrogens is 260 g/mol. The van der Waals surface area contributed by atoms with E-state index in [9.17, 15) is 15.2 Å². The molecule has 0 unspecified atom stereocenters. The smallest absolute Gasteiger partial charge is 0.333 e. The Morgan fingerprint density at radius 3 is 2.70 bits per heavy atom. The lowest BCUT2D eigenvalue weighted by Crippen LogP contribution is -2.38. The van der Waals surface area contributed by atoms with E-state index in [1.165, 1.54) is 0 Å². The molecule has 1 aromatic rings. The van der Waals surface area contributed by atoms with Crippen molar-refractivity contribution in [2.75, 3.05) is 18.5 Å². The van der Waals surface area contributed by atoms with E-state index in [2.05, 4.69) is 5.10 Å². The van der Waals surface area contributed by atoms with Crippen LogP contribution in [0.25, 0.3) is 0 Å². The zero-order valence-corrected chi connectivity index (χ0v) is 12.2. The first-order valence-electron chi connectivity index (χ1n) is 7.05. The molecule has 7 nitrogen and oxygen atoms in total. The molecule has 1 heterocycles. The molecular formula is C13H22N4O3. The standard InChI is InChI=1S/C13H22N4O3/c1-4-5-16-13(12(17(19)20)9(2)14-16)15(3)8-10-6-11(18)7-10/h10-11,18H,4-8H2,1-3H3. The summed E-state index contributed by atoms with van der Waals surface area (Å²) in [6.45, 7) is 5.08. The number of nitro groups is 1. The highest BCUT2D eigenvalue weighted by atomic mass is 16.6. The number of aliphatic hydroxyl groups is 1. The fourth-order valence-electron chi connectivity index (χ4n) is 2.84. The van der Waals surface area contributed by atoms with Crippen LogP contribution in [0.2, 0.25) is 0 Å². The minimum atomic E-state index is -0.351. The highest BCUT2D eigenvalue weighted by molar-refractivity contribution is 5.61. The van der Waals surface area contributed by atoms with E-state index in [4.69, 9.17) is 0 Å². The first kappa shape index (κ1) is 14.8. The second kappa shape index (κ2) is 5.78. The summed E-state index contributed by atoms with van der Waals surface area (Å²) in [5.74, 6) is 0.982. The highest BCUT2D eigenvalue weighted by Crippen LogP contribution is 2.34. The third-order valence-electron chi connectivity index (χ3n) is 3.79. The van der Waals surface area contributed by atoms with Crippen LogP contribution in [0.4, 0.5) is 11.5 Å². The summed E-state index contributed by atoms with van der Waals surface area (Å²) in [6.07, 6.45) is 2.23. The Morgan fingerprint density at radius 2 is 2.20 bits per heavy atom. The van der Waals surface area contributed by atoms with Gasteiger partial charge in [0.25, 0.3) is 0 Å². The quantitative estimate of drug-likeness (QED) is 0.634. The number of aromatic nitrogens is 2. The van der Waals surface area contributed by atoms with Crippen molar-refractivity contribution in [1.82, 2.24) is 9.78 Å². The molecule has 0 bridgehead atoms. The van der Waals surface area contributed by atoms with Crippen LogP contribution in [0.15, 0.2) is 0 Å². The van der Waals surface area contributed by atoms with Gasteiger partial charge in [0.2, 0.25) is 5.82 Å². The second-order valence-electron chi connectivity index (χ2n) is 5.61. The molecule has 0 radical (unpaired) electrons. The summed E-state index contributed by atoms with van der Waals surface area (Å²) in [4.78, 5) is 12.8. The fraction of sp³-hybridized carbons (Fsp3) is 0.769. The van der Waals surface area contributed by atoms with Gasteiger partial charge >= 0.3 is 5.69 Å². The minimum Gasteiger partial charge on any atom is -0.393 e. The Morgan fingerprint density at radius 1 is 1.55 bits per heavy atom. The second-order valence-corrected chi connectivity index (χ2v) is 5.61. The molecule has 0 atom stereocenters. The Bertz CT molecular complexity index is 494. The van der Waals surface area contributed by atoms with Crippen LogP contribution < -0.4 is 4.90 Å². The topological polar surface area (TPSA) is 84.4 Å². The molecule has 0 aliphatic heterocycles. The van der Waals surface area contributed by atoms with E-state index >= 15 is 0 Å². The van der Waals surface area contributed by atoms with E-state index < -0.39 is 0 Å². The van der Waals surface area contributed by atoms with Gasteiger partial charge < -0.3 is 10.0 Å². The lowest BCUT2D eigenvalue weighted by Gasteiger charge is -2.34.